The van der Waals surface area contributed by atoms with Crippen molar-refractivity contribution in [3.63, 3.8) is 0 Å². The van der Waals surface area contributed by atoms with Crippen molar-refractivity contribution in [1.29, 1.82) is 0 Å². The Kier molecular flexibility index (Phi) is 14.1. The van der Waals surface area contributed by atoms with Crippen molar-refractivity contribution in [3.05, 3.63) is 25.3 Å². The number of nitrogen functional groups attached to an aromatic ring is 2. The molecular weight excluding hydrogens is 852 g/mol. The van der Waals surface area contributed by atoms with E-state index in [4.69, 9.17) is 53.2 Å². The summed E-state index contributed by atoms with van der Waals surface area (Å²) in [5.74, 6) is 0.0113. The number of phosphoric acid groups is 1. The highest BCUT2D eigenvalue weighted by Crippen LogP contribution is 2.55. The van der Waals surface area contributed by atoms with Crippen molar-refractivity contribution in [2.45, 2.75) is 95.9 Å². The fourth-order valence-electron chi connectivity index (χ4n) is 5.97. The van der Waals surface area contributed by atoms with Gasteiger partial charge >= 0.3 is 27.7 Å². The first-order valence-corrected chi connectivity index (χ1v) is 21.3. The van der Waals surface area contributed by atoms with Crippen LogP contribution in [0.4, 0.5) is 30.0 Å². The molecule has 0 saturated carbocycles. The number of hydrogen-bond acceptors (Lipinski definition) is 22. The second-order valence-corrected chi connectivity index (χ2v) is 17.3. The lowest BCUT2D eigenvalue weighted by Gasteiger charge is -2.26. The number of nitrogens with zero attached hydrogens (tertiary/aromatic N) is 8. The molecule has 6 heterocycles. The highest BCUT2D eigenvalue weighted by molar-refractivity contribution is 7.52. The number of anilines is 2. The van der Waals surface area contributed by atoms with Crippen molar-refractivity contribution >= 4 is 61.7 Å². The average Bonchev–Trinajstić information content (AvgIpc) is 3.95. The van der Waals surface area contributed by atoms with E-state index in [1.54, 1.807) is 13.8 Å². The molecule has 2 fully saturated rings. The first kappa shape index (κ1) is 44.8. The van der Waals surface area contributed by atoms with Crippen molar-refractivity contribution in [3.8, 4) is 0 Å². The summed E-state index contributed by atoms with van der Waals surface area (Å²) in [6.07, 6.45) is -11.9. The van der Waals surface area contributed by atoms with Gasteiger partial charge in [-0.15, -0.1) is 0 Å². The van der Waals surface area contributed by atoms with E-state index in [-0.39, 0.29) is 40.4 Å². The van der Waals surface area contributed by atoms with Gasteiger partial charge in [-0.1, -0.05) is 0 Å². The number of imidazole rings is 2. The Labute approximate surface area is 338 Å². The first-order valence-electron chi connectivity index (χ1n) is 18.1. The molecule has 4 aromatic heterocycles. The maximum absolute atomic E-state index is 16.7. The highest BCUT2D eigenvalue weighted by atomic mass is 31.2. The number of alkyl halides is 2. The summed E-state index contributed by atoms with van der Waals surface area (Å²) in [5.41, 5.74) is 12.3. The van der Waals surface area contributed by atoms with E-state index in [0.717, 1.165) is 23.5 Å². The van der Waals surface area contributed by atoms with Crippen LogP contribution >= 0.6 is 15.4 Å². The van der Waals surface area contributed by atoms with Gasteiger partial charge in [0.2, 0.25) is 13.6 Å². The third-order valence-electron chi connectivity index (χ3n) is 8.57. The number of phosphoric ester groups is 1. The number of rotatable bonds is 18. The van der Waals surface area contributed by atoms with Crippen molar-refractivity contribution in [1.82, 2.24) is 39.0 Å². The van der Waals surface area contributed by atoms with Gasteiger partial charge in [-0.05, 0) is 34.1 Å². The molecule has 29 heteroatoms. The summed E-state index contributed by atoms with van der Waals surface area (Å²) < 4.78 is 114. The van der Waals surface area contributed by atoms with Gasteiger partial charge in [-0.25, -0.2) is 57.4 Å². The van der Waals surface area contributed by atoms with E-state index in [1.807, 2.05) is 0 Å². The van der Waals surface area contributed by atoms with E-state index in [9.17, 15) is 23.6 Å². The zero-order valence-corrected chi connectivity index (χ0v) is 34.1. The molecule has 5 N–H and O–H groups in total. The van der Waals surface area contributed by atoms with Gasteiger partial charge in [0, 0.05) is 6.42 Å². The van der Waals surface area contributed by atoms with Crippen LogP contribution in [0, 0.1) is 0 Å². The molecule has 2 aliphatic rings. The normalized spacial score (nSPS) is 25.1. The molecule has 6 rings (SSSR count). The Bertz CT molecular complexity index is 2240. The summed E-state index contributed by atoms with van der Waals surface area (Å²) in [6, 6.07) is 0. The molecule has 60 heavy (non-hydrogen) atoms. The van der Waals surface area contributed by atoms with Crippen LogP contribution in [0.1, 0.15) is 53.0 Å². The minimum absolute atomic E-state index is 0.0254. The van der Waals surface area contributed by atoms with Crippen LogP contribution in [0.25, 0.3) is 22.3 Å². The van der Waals surface area contributed by atoms with Crippen molar-refractivity contribution < 1.29 is 78.9 Å². The van der Waals surface area contributed by atoms with E-state index in [0.29, 0.717) is 0 Å². The van der Waals surface area contributed by atoms with Crippen LogP contribution in [0.15, 0.2) is 25.3 Å². The van der Waals surface area contributed by atoms with Crippen LogP contribution < -0.4 is 11.5 Å². The maximum Gasteiger partial charge on any atom is 0.510 e. The highest BCUT2D eigenvalue weighted by Gasteiger charge is 2.52. The second-order valence-electron chi connectivity index (χ2n) is 13.7. The summed E-state index contributed by atoms with van der Waals surface area (Å²) >= 11 is 0. The number of carbonyl (C=O) groups is 2. The SMILES string of the molecule is CC(C)OC(=O)OCOP(=O)(O)CCC1O[C@@H](n2cnc3c(N)ncnc32)[C@H](F)[C@@H]1OP(=O)(OCOC(=O)OC(C)C)OC[C@@H]1C[C@@H](F)[C@H](n2cnc3c(N)ncnc32)O1. The van der Waals surface area contributed by atoms with Gasteiger partial charge < -0.3 is 44.8 Å². The maximum atomic E-state index is 16.7. The summed E-state index contributed by atoms with van der Waals surface area (Å²) in [7, 11) is -9.71. The first-order chi connectivity index (χ1) is 28.4. The van der Waals surface area contributed by atoms with E-state index < -0.39 is 116 Å². The lowest BCUT2D eigenvalue weighted by Crippen LogP contribution is -2.32. The van der Waals surface area contributed by atoms with E-state index >= 15 is 8.78 Å². The Morgan fingerprint density at radius 1 is 0.833 bits per heavy atom. The zero-order valence-electron chi connectivity index (χ0n) is 32.3. The molecule has 330 valence electrons. The fraction of sp³-hybridized carbons (Fsp3) is 0.613. The molecular formula is C31H42F2N10O15P2. The number of carbonyl (C=O) groups excluding carboxylic acids is 2. The van der Waals surface area contributed by atoms with Crippen molar-refractivity contribution in [2.75, 3.05) is 37.8 Å². The molecule has 9 atom stereocenters. The largest absolute Gasteiger partial charge is 0.510 e. The quantitative estimate of drug-likeness (QED) is 0.0725. The molecule has 0 aliphatic carbocycles. The number of aromatic nitrogens is 8. The zero-order chi connectivity index (χ0) is 43.4. The predicted molar refractivity (Wildman–Crippen MR) is 197 cm³/mol. The molecule has 3 unspecified atom stereocenters. The lowest BCUT2D eigenvalue weighted by atomic mass is 10.1. The number of fused-ring (bicyclic) bond motifs is 2. The summed E-state index contributed by atoms with van der Waals surface area (Å²) in [4.78, 5) is 58.5. The van der Waals surface area contributed by atoms with Gasteiger partial charge in [-0.3, -0.25) is 27.3 Å². The Hall–Kier alpha value is -4.72. The Morgan fingerprint density at radius 2 is 1.38 bits per heavy atom. The summed E-state index contributed by atoms with van der Waals surface area (Å²) in [6.45, 7) is 3.41. The Balaban J connectivity index is 1.22. The van der Waals surface area contributed by atoms with Gasteiger partial charge in [0.25, 0.3) is 0 Å². The number of nitrogens with two attached hydrogens (primary N) is 2. The number of ether oxygens (including phenoxy) is 6. The molecule has 2 aliphatic heterocycles. The number of hydrogen-bond donors (Lipinski definition) is 3. The van der Waals surface area contributed by atoms with Gasteiger partial charge in [0.15, 0.2) is 41.6 Å². The molecule has 25 nitrogen and oxygen atoms in total. The third-order valence-corrected chi connectivity index (χ3v) is 11.3. The Morgan fingerprint density at radius 3 is 1.95 bits per heavy atom. The van der Waals surface area contributed by atoms with E-state index in [1.165, 1.54) is 24.7 Å². The van der Waals surface area contributed by atoms with Crippen LogP contribution in [0.5, 0.6) is 0 Å². The van der Waals surface area contributed by atoms with E-state index in [2.05, 4.69) is 34.6 Å². The molecule has 0 amide bonds. The molecule has 4 aromatic rings. The monoisotopic (exact) mass is 894 g/mol. The molecule has 0 aromatic carbocycles. The van der Waals surface area contributed by atoms with Gasteiger partial charge in [0.1, 0.15) is 36.0 Å². The fourth-order valence-corrected chi connectivity index (χ4v) is 8.17. The third kappa shape index (κ3) is 10.8. The van der Waals surface area contributed by atoms with Gasteiger partial charge in [0.05, 0.1) is 49.8 Å². The molecule has 0 radical (unpaired) electrons. The van der Waals surface area contributed by atoms with Crippen LogP contribution in [0.3, 0.4) is 0 Å². The summed E-state index contributed by atoms with van der Waals surface area (Å²) in [5, 5.41) is 0. The van der Waals surface area contributed by atoms with Crippen LogP contribution in [-0.2, 0) is 55.6 Å². The topological polar surface area (TPSA) is 320 Å². The van der Waals surface area contributed by atoms with Crippen LogP contribution in [-0.4, -0.2) is 125 Å². The smallest absolute Gasteiger partial charge is 0.432 e. The van der Waals surface area contributed by atoms with Crippen LogP contribution in [0.2, 0.25) is 0 Å². The van der Waals surface area contributed by atoms with Gasteiger partial charge in [-0.2, -0.15) is 0 Å². The minimum Gasteiger partial charge on any atom is -0.432 e. The second kappa shape index (κ2) is 18.9. The standard InChI is InChI=1S/C31H42F2N10O15P2/c1-15(2)54-30(44)49-13-52-59(46,47)6-5-19-23(20(33)29(57-19)43-12-41-22-25(35)37-10-39-27(22)43)58-60(48,53-14-50-31(45)55-16(3)4)51-8-17-7-18(32)28(56-17)42-11-40-21-24(34)36-9-38-26(21)42/h9-12,15-20,23,28-29H,5-8,13-14H2,1-4H3,(H,46,47)(H2,34,36,38)(H2,35,37,39)/t17-,18+,19?,20+,23+,28+,29+,60?/m0/s1. The lowest BCUT2D eigenvalue weighted by molar-refractivity contribution is -0.0577. The predicted octanol–water partition coefficient (Wildman–Crippen LogP) is 3.85. The minimum atomic E-state index is -5.11. The average molecular weight is 895 g/mol. The molecule has 2 saturated heterocycles. The molecule has 0 spiro atoms. The number of halogens is 2. The molecule has 0 bridgehead atoms. The van der Waals surface area contributed by atoms with Crippen molar-refractivity contribution in [2.24, 2.45) is 0 Å².